The lowest BCUT2D eigenvalue weighted by atomic mass is 10.0. The molecule has 178 valence electrons. The number of aliphatic imine (C=N–C) groups is 2. The molecule has 36 heavy (non-hydrogen) atoms. The SMILES string of the molecule is CC1C=CC(Nc2ccc(Nc3ccc(N=C4C=CC(=Nc5ccc(N)cc5)C=C4)cc3)cc2)C=C1. The molecular formula is C31H29N5. The summed E-state index contributed by atoms with van der Waals surface area (Å²) in [5.74, 6) is 0.510. The molecular weight excluding hydrogens is 442 g/mol. The molecule has 3 aromatic carbocycles. The van der Waals surface area contributed by atoms with Crippen molar-refractivity contribution >= 4 is 45.5 Å². The summed E-state index contributed by atoms with van der Waals surface area (Å²) in [7, 11) is 0. The predicted molar refractivity (Wildman–Crippen MR) is 154 cm³/mol. The van der Waals surface area contributed by atoms with Gasteiger partial charge in [-0.3, -0.25) is 0 Å². The zero-order chi connectivity index (χ0) is 24.7. The lowest BCUT2D eigenvalue weighted by molar-refractivity contribution is 0.886. The first-order valence-electron chi connectivity index (χ1n) is 12.1. The number of nitrogens with one attached hydrogen (secondary N) is 2. The van der Waals surface area contributed by atoms with Gasteiger partial charge in [0.05, 0.1) is 28.8 Å². The number of nitrogens with zero attached hydrogens (tertiary/aromatic N) is 2. The van der Waals surface area contributed by atoms with E-state index in [0.29, 0.717) is 5.92 Å². The highest BCUT2D eigenvalue weighted by molar-refractivity contribution is 6.19. The summed E-state index contributed by atoms with van der Waals surface area (Å²) in [6.45, 7) is 2.18. The summed E-state index contributed by atoms with van der Waals surface area (Å²) in [5, 5.41) is 6.96. The van der Waals surface area contributed by atoms with Crippen LogP contribution in [0.3, 0.4) is 0 Å². The Bertz CT molecular complexity index is 1340. The molecule has 0 aliphatic heterocycles. The average molecular weight is 472 g/mol. The van der Waals surface area contributed by atoms with Gasteiger partial charge in [-0.15, -0.1) is 0 Å². The van der Waals surface area contributed by atoms with Crippen LogP contribution in [0.1, 0.15) is 6.92 Å². The van der Waals surface area contributed by atoms with Crippen molar-refractivity contribution < 1.29 is 0 Å². The largest absolute Gasteiger partial charge is 0.399 e. The molecule has 0 bridgehead atoms. The molecule has 0 heterocycles. The van der Waals surface area contributed by atoms with Gasteiger partial charge in [-0.2, -0.15) is 0 Å². The second-order valence-electron chi connectivity index (χ2n) is 8.88. The Kier molecular flexibility index (Phi) is 6.90. The van der Waals surface area contributed by atoms with Crippen molar-refractivity contribution in [3.05, 3.63) is 121 Å². The van der Waals surface area contributed by atoms with E-state index >= 15 is 0 Å². The molecule has 0 saturated carbocycles. The van der Waals surface area contributed by atoms with Crippen molar-refractivity contribution in [1.29, 1.82) is 0 Å². The van der Waals surface area contributed by atoms with Crippen LogP contribution >= 0.6 is 0 Å². The summed E-state index contributed by atoms with van der Waals surface area (Å²) in [6, 6.07) is 24.2. The number of hydrogen-bond acceptors (Lipinski definition) is 5. The molecule has 2 aliphatic carbocycles. The van der Waals surface area contributed by atoms with Gasteiger partial charge in [0.25, 0.3) is 0 Å². The highest BCUT2D eigenvalue weighted by Gasteiger charge is 2.06. The highest BCUT2D eigenvalue weighted by Crippen LogP contribution is 2.23. The van der Waals surface area contributed by atoms with Crippen molar-refractivity contribution in [2.24, 2.45) is 15.9 Å². The number of anilines is 4. The molecule has 4 N–H and O–H groups in total. The van der Waals surface area contributed by atoms with Crippen LogP contribution in [-0.2, 0) is 0 Å². The zero-order valence-electron chi connectivity index (χ0n) is 20.2. The van der Waals surface area contributed by atoms with Crippen molar-refractivity contribution in [2.45, 2.75) is 13.0 Å². The maximum absolute atomic E-state index is 5.73. The fourth-order valence-corrected chi connectivity index (χ4v) is 3.89. The van der Waals surface area contributed by atoms with Crippen LogP contribution in [0.5, 0.6) is 0 Å². The van der Waals surface area contributed by atoms with Gasteiger partial charge in [0.2, 0.25) is 0 Å². The average Bonchev–Trinajstić information content (AvgIpc) is 2.90. The highest BCUT2D eigenvalue weighted by atomic mass is 14.9. The topological polar surface area (TPSA) is 74.8 Å². The smallest absolute Gasteiger partial charge is 0.0638 e. The van der Waals surface area contributed by atoms with E-state index in [2.05, 4.69) is 71.1 Å². The van der Waals surface area contributed by atoms with Crippen molar-refractivity contribution in [1.82, 2.24) is 0 Å². The molecule has 0 unspecified atom stereocenters. The zero-order valence-corrected chi connectivity index (χ0v) is 20.2. The van der Waals surface area contributed by atoms with Crippen LogP contribution in [0.4, 0.5) is 34.1 Å². The van der Waals surface area contributed by atoms with E-state index in [9.17, 15) is 0 Å². The molecule has 3 aromatic rings. The quantitative estimate of drug-likeness (QED) is 0.198. The van der Waals surface area contributed by atoms with E-state index < -0.39 is 0 Å². The first-order valence-corrected chi connectivity index (χ1v) is 12.1. The fourth-order valence-electron chi connectivity index (χ4n) is 3.89. The van der Waals surface area contributed by atoms with Gasteiger partial charge in [-0.25, -0.2) is 9.98 Å². The van der Waals surface area contributed by atoms with Crippen LogP contribution < -0.4 is 16.4 Å². The summed E-state index contributed by atoms with van der Waals surface area (Å²) < 4.78 is 0. The van der Waals surface area contributed by atoms with Crippen molar-refractivity contribution in [2.75, 3.05) is 16.4 Å². The normalized spacial score (nSPS) is 18.2. The molecule has 5 nitrogen and oxygen atoms in total. The third-order valence-corrected chi connectivity index (χ3v) is 5.88. The number of nitrogens with two attached hydrogens (primary N) is 1. The first kappa shape index (κ1) is 23.1. The minimum atomic E-state index is 0.241. The minimum absolute atomic E-state index is 0.241. The summed E-state index contributed by atoms with van der Waals surface area (Å²) in [4.78, 5) is 9.32. The first-order chi connectivity index (χ1) is 17.6. The van der Waals surface area contributed by atoms with Crippen molar-refractivity contribution in [3.8, 4) is 0 Å². The third kappa shape index (κ3) is 6.27. The van der Waals surface area contributed by atoms with Crippen LogP contribution in [-0.4, -0.2) is 17.5 Å². The summed E-state index contributed by atoms with van der Waals surface area (Å²) in [5.41, 5.74) is 13.1. The van der Waals surface area contributed by atoms with Crippen LogP contribution in [0.2, 0.25) is 0 Å². The molecule has 0 saturated heterocycles. The number of allylic oxidation sites excluding steroid dienone is 6. The molecule has 2 aliphatic rings. The maximum Gasteiger partial charge on any atom is 0.0638 e. The maximum atomic E-state index is 5.73. The summed E-state index contributed by atoms with van der Waals surface area (Å²) in [6.07, 6.45) is 16.7. The van der Waals surface area contributed by atoms with E-state index in [1.165, 1.54) is 0 Å². The third-order valence-electron chi connectivity index (χ3n) is 5.88. The second-order valence-corrected chi connectivity index (χ2v) is 8.88. The summed E-state index contributed by atoms with van der Waals surface area (Å²) >= 11 is 0. The van der Waals surface area contributed by atoms with Crippen LogP contribution in [0, 0.1) is 5.92 Å². The molecule has 0 fully saturated rings. The van der Waals surface area contributed by atoms with Gasteiger partial charge in [0.1, 0.15) is 0 Å². The molecule has 0 spiro atoms. The van der Waals surface area contributed by atoms with Gasteiger partial charge >= 0.3 is 0 Å². The van der Waals surface area contributed by atoms with Gasteiger partial charge in [-0.05, 0) is 103 Å². The molecule has 0 radical (unpaired) electrons. The Balaban J connectivity index is 1.16. The van der Waals surface area contributed by atoms with Crippen molar-refractivity contribution in [3.63, 3.8) is 0 Å². The van der Waals surface area contributed by atoms with E-state index in [1.807, 2.05) is 72.8 Å². The number of benzene rings is 3. The Morgan fingerprint density at radius 2 is 1.03 bits per heavy atom. The Hall–Kier alpha value is -4.64. The Morgan fingerprint density at radius 3 is 1.56 bits per heavy atom. The lowest BCUT2D eigenvalue weighted by Gasteiger charge is -2.17. The van der Waals surface area contributed by atoms with Crippen LogP contribution in [0.15, 0.2) is 131 Å². The molecule has 0 atom stereocenters. The Morgan fingerprint density at radius 1 is 0.583 bits per heavy atom. The Labute approximate surface area is 212 Å². The van der Waals surface area contributed by atoms with Gasteiger partial charge < -0.3 is 16.4 Å². The van der Waals surface area contributed by atoms with E-state index in [0.717, 1.165) is 45.5 Å². The number of rotatable bonds is 6. The second kappa shape index (κ2) is 10.7. The molecule has 5 rings (SSSR count). The standard InChI is InChI=1S/C31H29N5/c1-22-2-6-24(7-3-22)33-26-10-14-28(15-11-26)35-30-18-20-31(21-19-30)36-29-16-12-27(13-17-29)34-25-8-4-23(32)5-9-25/h2-22,24,33,35H,32H2,1H3. The fraction of sp³-hybridized carbons (Fsp3) is 0.0968. The molecule has 5 heteroatoms. The van der Waals surface area contributed by atoms with Gasteiger partial charge in [0.15, 0.2) is 0 Å². The predicted octanol–water partition coefficient (Wildman–Crippen LogP) is 7.53. The van der Waals surface area contributed by atoms with E-state index in [-0.39, 0.29) is 6.04 Å². The van der Waals surface area contributed by atoms with Gasteiger partial charge in [-0.1, -0.05) is 31.2 Å². The minimum Gasteiger partial charge on any atom is -0.399 e. The van der Waals surface area contributed by atoms with E-state index in [1.54, 1.807) is 0 Å². The molecule has 0 aromatic heterocycles. The number of nitrogen functional groups attached to an aromatic ring is 1. The monoisotopic (exact) mass is 471 g/mol. The van der Waals surface area contributed by atoms with Gasteiger partial charge in [0, 0.05) is 22.7 Å². The lowest BCUT2D eigenvalue weighted by Crippen LogP contribution is -2.16. The molecule has 0 amide bonds. The van der Waals surface area contributed by atoms with Crippen LogP contribution in [0.25, 0.3) is 0 Å². The number of hydrogen-bond donors (Lipinski definition) is 3. The van der Waals surface area contributed by atoms with E-state index in [4.69, 9.17) is 10.7 Å².